The van der Waals surface area contributed by atoms with E-state index in [0.717, 1.165) is 0 Å². The van der Waals surface area contributed by atoms with E-state index < -0.39 is 10.0 Å². The molecule has 5 nitrogen and oxygen atoms in total. The number of nitrogens with zero attached hydrogens (tertiary/aromatic N) is 1. The van der Waals surface area contributed by atoms with E-state index >= 15 is 0 Å². The predicted octanol–water partition coefficient (Wildman–Crippen LogP) is 1.84. The van der Waals surface area contributed by atoms with E-state index in [1.807, 2.05) is 0 Å². The number of anilines is 1. The van der Waals surface area contributed by atoms with Gasteiger partial charge in [0, 0.05) is 24.3 Å². The average Bonchev–Trinajstić information content (AvgIpc) is 2.34. The number of hydrogen-bond acceptors (Lipinski definition) is 3. The summed E-state index contributed by atoms with van der Waals surface area (Å²) in [4.78, 5) is 11.3. The molecule has 0 aliphatic rings. The van der Waals surface area contributed by atoms with Crippen molar-refractivity contribution in [3.63, 3.8) is 0 Å². The fourth-order valence-electron chi connectivity index (χ4n) is 1.48. The lowest BCUT2D eigenvalue weighted by molar-refractivity contribution is 0.601. The van der Waals surface area contributed by atoms with Crippen LogP contribution in [0.25, 0.3) is 0 Å². The van der Waals surface area contributed by atoms with Gasteiger partial charge in [-0.1, -0.05) is 11.6 Å². The Kier molecular flexibility index (Phi) is 3.64. The lowest BCUT2D eigenvalue weighted by Crippen LogP contribution is -2.18. The molecule has 0 amide bonds. The van der Waals surface area contributed by atoms with Crippen LogP contribution in [0.1, 0.15) is 0 Å². The third kappa shape index (κ3) is 3.15. The maximum atomic E-state index is 12.1. The molecule has 1 N–H and O–H groups in total. The summed E-state index contributed by atoms with van der Waals surface area (Å²) in [7, 11) is -2.14. The van der Waals surface area contributed by atoms with E-state index in [0.29, 0.717) is 10.7 Å². The van der Waals surface area contributed by atoms with Gasteiger partial charge in [0.15, 0.2) is 0 Å². The van der Waals surface area contributed by atoms with Crippen LogP contribution in [0, 0.1) is 0 Å². The minimum Gasteiger partial charge on any atom is -0.316 e. The van der Waals surface area contributed by atoms with Crippen LogP contribution in [0.4, 0.5) is 5.69 Å². The Bertz CT molecular complexity index is 751. The first-order valence-corrected chi connectivity index (χ1v) is 7.20. The Labute approximate surface area is 115 Å². The highest BCUT2D eigenvalue weighted by Gasteiger charge is 2.14. The van der Waals surface area contributed by atoms with Gasteiger partial charge in [0.25, 0.3) is 10.0 Å². The van der Waals surface area contributed by atoms with E-state index in [4.69, 9.17) is 11.6 Å². The summed E-state index contributed by atoms with van der Waals surface area (Å²) in [6.45, 7) is 0. The molecule has 19 heavy (non-hydrogen) atoms. The van der Waals surface area contributed by atoms with Crippen LogP contribution in [-0.2, 0) is 17.1 Å². The topological polar surface area (TPSA) is 68.2 Å². The average molecular weight is 299 g/mol. The molecule has 2 rings (SSSR count). The van der Waals surface area contributed by atoms with Crippen molar-refractivity contribution >= 4 is 27.3 Å². The second-order valence-electron chi connectivity index (χ2n) is 3.93. The molecule has 7 heteroatoms. The molecule has 0 spiro atoms. The number of hydrogen-bond donors (Lipinski definition) is 1. The van der Waals surface area contributed by atoms with Gasteiger partial charge in [-0.15, -0.1) is 0 Å². The maximum Gasteiger partial charge on any atom is 0.261 e. The van der Waals surface area contributed by atoms with Gasteiger partial charge in [0.05, 0.1) is 10.6 Å². The quantitative estimate of drug-likeness (QED) is 0.940. The zero-order chi connectivity index (χ0) is 14.0. The molecule has 0 unspecified atom stereocenters. The third-order valence-corrected chi connectivity index (χ3v) is 4.11. The third-order valence-electron chi connectivity index (χ3n) is 2.46. The van der Waals surface area contributed by atoms with Gasteiger partial charge in [-0.3, -0.25) is 9.52 Å². The van der Waals surface area contributed by atoms with E-state index in [9.17, 15) is 13.2 Å². The number of sulfonamides is 1. The second-order valence-corrected chi connectivity index (χ2v) is 6.05. The normalized spacial score (nSPS) is 11.3. The van der Waals surface area contributed by atoms with Gasteiger partial charge in [-0.05, 0) is 30.3 Å². The molecule has 0 saturated heterocycles. The van der Waals surface area contributed by atoms with Crippen LogP contribution in [0.15, 0.2) is 52.3 Å². The number of aromatic nitrogens is 1. The molecular formula is C12H11ClN2O3S. The molecule has 0 bridgehead atoms. The van der Waals surface area contributed by atoms with Crippen molar-refractivity contribution in [2.24, 2.45) is 7.05 Å². The Morgan fingerprint density at radius 2 is 1.74 bits per heavy atom. The molecule has 100 valence electrons. The van der Waals surface area contributed by atoms with Crippen LogP contribution in [0.5, 0.6) is 0 Å². The van der Waals surface area contributed by atoms with Crippen molar-refractivity contribution in [2.45, 2.75) is 4.90 Å². The van der Waals surface area contributed by atoms with Crippen LogP contribution < -0.4 is 10.3 Å². The van der Waals surface area contributed by atoms with Gasteiger partial charge in [0.1, 0.15) is 0 Å². The molecule has 0 saturated carbocycles. The summed E-state index contributed by atoms with van der Waals surface area (Å²) < 4.78 is 27.8. The lowest BCUT2D eigenvalue weighted by Gasteiger charge is -2.08. The van der Waals surface area contributed by atoms with Crippen LogP contribution in [0.3, 0.4) is 0 Å². The molecule has 0 radical (unpaired) electrons. The predicted molar refractivity (Wildman–Crippen MR) is 73.9 cm³/mol. The van der Waals surface area contributed by atoms with E-state index in [2.05, 4.69) is 4.72 Å². The van der Waals surface area contributed by atoms with Crippen molar-refractivity contribution in [2.75, 3.05) is 4.72 Å². The van der Waals surface area contributed by atoms with Crippen molar-refractivity contribution in [1.82, 2.24) is 4.57 Å². The van der Waals surface area contributed by atoms with Crippen LogP contribution in [-0.4, -0.2) is 13.0 Å². The Morgan fingerprint density at radius 1 is 1.11 bits per heavy atom. The van der Waals surface area contributed by atoms with E-state index in [1.165, 1.54) is 47.2 Å². The van der Waals surface area contributed by atoms with Gasteiger partial charge in [-0.2, -0.15) is 0 Å². The zero-order valence-electron chi connectivity index (χ0n) is 10.00. The van der Waals surface area contributed by atoms with E-state index in [-0.39, 0.29) is 10.5 Å². The molecular weight excluding hydrogens is 288 g/mol. The highest BCUT2D eigenvalue weighted by atomic mass is 35.5. The van der Waals surface area contributed by atoms with Crippen molar-refractivity contribution in [3.05, 3.63) is 58.0 Å². The van der Waals surface area contributed by atoms with Gasteiger partial charge in [-0.25, -0.2) is 8.42 Å². The Hall–Kier alpha value is -1.79. The minimum atomic E-state index is -3.68. The van der Waals surface area contributed by atoms with Crippen LogP contribution in [0.2, 0.25) is 5.02 Å². The molecule has 1 aromatic heterocycles. The summed E-state index contributed by atoms with van der Waals surface area (Å²) in [5.41, 5.74) is 0.103. The van der Waals surface area contributed by atoms with E-state index in [1.54, 1.807) is 7.05 Å². The monoisotopic (exact) mass is 298 g/mol. The van der Waals surface area contributed by atoms with Gasteiger partial charge in [0.2, 0.25) is 5.56 Å². The molecule has 1 aromatic carbocycles. The van der Waals surface area contributed by atoms with Crippen molar-refractivity contribution in [3.8, 4) is 0 Å². The number of rotatable bonds is 3. The fraction of sp³-hybridized carbons (Fsp3) is 0.0833. The summed E-state index contributed by atoms with van der Waals surface area (Å²) in [6, 6.07) is 8.52. The summed E-state index contributed by atoms with van der Waals surface area (Å²) in [5, 5.41) is 0.459. The summed E-state index contributed by atoms with van der Waals surface area (Å²) in [5.74, 6) is 0. The zero-order valence-corrected chi connectivity index (χ0v) is 11.6. The molecule has 1 heterocycles. The summed E-state index contributed by atoms with van der Waals surface area (Å²) in [6.07, 6.45) is 1.41. The number of benzene rings is 1. The molecule has 0 atom stereocenters. The summed E-state index contributed by atoms with van der Waals surface area (Å²) >= 11 is 5.71. The highest BCUT2D eigenvalue weighted by Crippen LogP contribution is 2.17. The first-order valence-electron chi connectivity index (χ1n) is 5.33. The number of nitrogens with one attached hydrogen (secondary N) is 1. The second kappa shape index (κ2) is 5.07. The first kappa shape index (κ1) is 13.6. The molecule has 0 aliphatic carbocycles. The SMILES string of the molecule is Cn1cc(NS(=O)(=O)c2ccc(Cl)cc2)ccc1=O. The van der Waals surface area contributed by atoms with Crippen molar-refractivity contribution in [1.29, 1.82) is 0 Å². The van der Waals surface area contributed by atoms with Gasteiger partial charge < -0.3 is 4.57 Å². The van der Waals surface area contributed by atoms with Gasteiger partial charge >= 0.3 is 0 Å². The largest absolute Gasteiger partial charge is 0.316 e. The molecule has 2 aromatic rings. The Balaban J connectivity index is 2.33. The fourth-order valence-corrected chi connectivity index (χ4v) is 2.65. The Morgan fingerprint density at radius 3 is 2.32 bits per heavy atom. The van der Waals surface area contributed by atoms with Crippen LogP contribution >= 0.6 is 11.6 Å². The standard InChI is InChI=1S/C12H11ClN2O3S/c1-15-8-10(4-7-12(15)16)14-19(17,18)11-5-2-9(13)3-6-11/h2-8,14H,1H3. The number of halogens is 1. The smallest absolute Gasteiger partial charge is 0.261 e. The van der Waals surface area contributed by atoms with Crippen molar-refractivity contribution < 1.29 is 8.42 Å². The first-order chi connectivity index (χ1) is 8.88. The molecule has 0 fully saturated rings. The number of aryl methyl sites for hydroxylation is 1. The maximum absolute atomic E-state index is 12.1. The number of pyridine rings is 1. The molecule has 0 aliphatic heterocycles. The lowest BCUT2D eigenvalue weighted by atomic mass is 10.4. The minimum absolute atomic E-state index is 0.103. The highest BCUT2D eigenvalue weighted by molar-refractivity contribution is 7.92.